The first-order valence-corrected chi connectivity index (χ1v) is 9.40. The fourth-order valence-corrected chi connectivity index (χ4v) is 3.53. The van der Waals surface area contributed by atoms with E-state index in [-0.39, 0.29) is 0 Å². The average Bonchev–Trinajstić information content (AvgIpc) is 3.00. The van der Waals surface area contributed by atoms with Crippen molar-refractivity contribution in [2.24, 2.45) is 0 Å². The average molecular weight is 458 g/mol. The summed E-state index contributed by atoms with van der Waals surface area (Å²) in [4.78, 5) is 11.7. The van der Waals surface area contributed by atoms with E-state index in [0.29, 0.717) is 0 Å². The van der Waals surface area contributed by atoms with Crippen LogP contribution < -0.4 is 0 Å². The van der Waals surface area contributed by atoms with Crippen LogP contribution in [0.5, 0.6) is 0 Å². The van der Waals surface area contributed by atoms with Crippen LogP contribution in [0.2, 0.25) is 0 Å². The normalized spacial score (nSPS) is 51.0. The molecular formula is C16H26O15. The molecule has 0 aromatic carbocycles. The molecule has 0 radical (unpaired) electrons. The molecular weight excluding hydrogens is 432 g/mol. The Balaban J connectivity index is 1.83. The third-order valence-corrected chi connectivity index (χ3v) is 5.32. The van der Waals surface area contributed by atoms with Crippen LogP contribution in [-0.4, -0.2) is 145 Å². The van der Waals surface area contributed by atoms with E-state index in [0.717, 1.165) is 0 Å². The maximum absolute atomic E-state index is 11.7. The van der Waals surface area contributed by atoms with Crippen molar-refractivity contribution >= 4 is 5.97 Å². The van der Waals surface area contributed by atoms with Gasteiger partial charge in [0.2, 0.25) is 0 Å². The third-order valence-electron chi connectivity index (χ3n) is 5.32. The summed E-state index contributed by atoms with van der Waals surface area (Å²) in [7, 11) is 0. The lowest BCUT2D eigenvalue weighted by atomic mass is 9.97. The number of carbonyl (C=O) groups is 1. The zero-order chi connectivity index (χ0) is 23.0. The molecule has 0 bridgehead atoms. The summed E-state index contributed by atoms with van der Waals surface area (Å²) in [5.74, 6) is -1.66. The molecule has 0 amide bonds. The summed E-state index contributed by atoms with van der Waals surface area (Å²) in [5.41, 5.74) is 0. The zero-order valence-corrected chi connectivity index (χ0v) is 15.9. The van der Waals surface area contributed by atoms with E-state index in [1.54, 1.807) is 0 Å². The van der Waals surface area contributed by atoms with E-state index < -0.39 is 99.1 Å². The SMILES string of the molecule is O=C(O)[C@H]1O[C@@H](O)[C@H](O)[C@@H](O[C@@H]2OC[C@H](O)[C@H](O)[C@H]2O)[C@@H]1O[C@@H]1O[C@@H](CO)[C@H](O)[C@H]1O. The highest BCUT2D eigenvalue weighted by Crippen LogP contribution is 2.32. The molecule has 15 heteroatoms. The Labute approximate surface area is 174 Å². The number of hydrogen-bond acceptors (Lipinski definition) is 14. The molecule has 3 rings (SSSR count). The summed E-state index contributed by atoms with van der Waals surface area (Å²) in [6, 6.07) is 0. The first-order valence-electron chi connectivity index (χ1n) is 9.40. The van der Waals surface area contributed by atoms with Crippen LogP contribution in [0.15, 0.2) is 0 Å². The van der Waals surface area contributed by atoms with Gasteiger partial charge in [0.15, 0.2) is 25.0 Å². The second kappa shape index (κ2) is 9.84. The van der Waals surface area contributed by atoms with E-state index in [1.807, 2.05) is 0 Å². The Bertz CT molecular complexity index is 620. The van der Waals surface area contributed by atoms with Crippen LogP contribution in [0.3, 0.4) is 0 Å². The zero-order valence-electron chi connectivity index (χ0n) is 15.9. The van der Waals surface area contributed by atoms with E-state index in [2.05, 4.69) is 0 Å². The Morgan fingerprint density at radius 2 is 1.42 bits per heavy atom. The lowest BCUT2D eigenvalue weighted by Crippen LogP contribution is -2.65. The lowest BCUT2D eigenvalue weighted by Gasteiger charge is -2.44. The van der Waals surface area contributed by atoms with Gasteiger partial charge in [0.05, 0.1) is 13.2 Å². The molecule has 3 aliphatic rings. The van der Waals surface area contributed by atoms with Gasteiger partial charge in [-0.05, 0) is 0 Å². The minimum absolute atomic E-state index is 0.465. The van der Waals surface area contributed by atoms with Crippen molar-refractivity contribution in [1.29, 1.82) is 0 Å². The Morgan fingerprint density at radius 1 is 0.806 bits per heavy atom. The minimum Gasteiger partial charge on any atom is -0.479 e. The van der Waals surface area contributed by atoms with Crippen LogP contribution in [0, 0.1) is 0 Å². The number of hydrogen-bond donors (Lipinski definition) is 9. The maximum atomic E-state index is 11.7. The van der Waals surface area contributed by atoms with E-state index in [1.165, 1.54) is 0 Å². The molecule has 13 atom stereocenters. The summed E-state index contributed by atoms with van der Waals surface area (Å²) in [5, 5.41) is 88.2. The van der Waals surface area contributed by atoms with Crippen LogP contribution in [0.1, 0.15) is 0 Å². The van der Waals surface area contributed by atoms with Crippen molar-refractivity contribution in [3.63, 3.8) is 0 Å². The number of rotatable bonds is 6. The van der Waals surface area contributed by atoms with Gasteiger partial charge < -0.3 is 69.6 Å². The molecule has 15 nitrogen and oxygen atoms in total. The number of ether oxygens (including phenoxy) is 5. The van der Waals surface area contributed by atoms with Gasteiger partial charge in [-0.15, -0.1) is 0 Å². The minimum atomic E-state index is -2.06. The molecule has 0 spiro atoms. The third kappa shape index (κ3) is 4.83. The van der Waals surface area contributed by atoms with Crippen molar-refractivity contribution in [2.45, 2.75) is 79.9 Å². The number of aliphatic carboxylic acids is 1. The van der Waals surface area contributed by atoms with Gasteiger partial charge in [-0.2, -0.15) is 0 Å². The van der Waals surface area contributed by atoms with Gasteiger partial charge in [-0.1, -0.05) is 0 Å². The molecule has 9 N–H and O–H groups in total. The molecule has 0 aliphatic carbocycles. The molecule has 0 unspecified atom stereocenters. The second-order valence-electron chi connectivity index (χ2n) is 7.43. The largest absolute Gasteiger partial charge is 0.479 e. The highest BCUT2D eigenvalue weighted by atomic mass is 16.8. The highest BCUT2D eigenvalue weighted by molar-refractivity contribution is 5.73. The molecule has 3 fully saturated rings. The van der Waals surface area contributed by atoms with E-state index in [4.69, 9.17) is 23.7 Å². The van der Waals surface area contributed by atoms with E-state index >= 15 is 0 Å². The molecule has 0 aromatic heterocycles. The van der Waals surface area contributed by atoms with Gasteiger partial charge >= 0.3 is 5.97 Å². The second-order valence-corrected chi connectivity index (χ2v) is 7.43. The van der Waals surface area contributed by atoms with Crippen LogP contribution in [0.4, 0.5) is 0 Å². The van der Waals surface area contributed by atoms with Crippen LogP contribution in [0.25, 0.3) is 0 Å². The van der Waals surface area contributed by atoms with Crippen molar-refractivity contribution in [3.8, 4) is 0 Å². The lowest BCUT2D eigenvalue weighted by molar-refractivity contribution is -0.356. The quantitative estimate of drug-likeness (QED) is 0.180. The predicted octanol–water partition coefficient (Wildman–Crippen LogP) is -6.20. The first-order chi connectivity index (χ1) is 14.6. The van der Waals surface area contributed by atoms with E-state index in [9.17, 15) is 50.8 Å². The van der Waals surface area contributed by atoms with Crippen molar-refractivity contribution < 1.29 is 74.4 Å². The number of aliphatic hydroxyl groups excluding tert-OH is 8. The Kier molecular flexibility index (Phi) is 7.80. The highest BCUT2D eigenvalue weighted by Gasteiger charge is 2.55. The molecule has 3 aliphatic heterocycles. The molecule has 180 valence electrons. The van der Waals surface area contributed by atoms with Gasteiger partial charge in [-0.25, -0.2) is 4.79 Å². The number of aliphatic hydroxyl groups is 8. The Morgan fingerprint density at radius 3 is 2.00 bits per heavy atom. The van der Waals surface area contributed by atoms with Crippen molar-refractivity contribution in [1.82, 2.24) is 0 Å². The topological polar surface area (TPSA) is 245 Å². The van der Waals surface area contributed by atoms with Crippen molar-refractivity contribution in [2.75, 3.05) is 13.2 Å². The smallest absolute Gasteiger partial charge is 0.335 e. The molecule has 3 heterocycles. The van der Waals surface area contributed by atoms with Crippen LogP contribution in [-0.2, 0) is 28.5 Å². The first kappa shape index (κ1) is 24.6. The summed E-state index contributed by atoms with van der Waals surface area (Å²) < 4.78 is 25.9. The summed E-state index contributed by atoms with van der Waals surface area (Å²) in [6.45, 7) is -1.15. The summed E-state index contributed by atoms with van der Waals surface area (Å²) >= 11 is 0. The van der Waals surface area contributed by atoms with Gasteiger partial charge in [-0.3, -0.25) is 0 Å². The Hall–Kier alpha value is -1.05. The molecule has 0 aromatic rings. The molecule has 0 saturated carbocycles. The van der Waals surface area contributed by atoms with Crippen molar-refractivity contribution in [3.05, 3.63) is 0 Å². The van der Waals surface area contributed by atoms with Gasteiger partial charge in [0.25, 0.3) is 0 Å². The molecule has 3 saturated heterocycles. The number of carboxylic acid groups (broad SMARTS) is 1. The monoisotopic (exact) mass is 458 g/mol. The standard InChI is InChI=1S/C16H26O15/c17-1-4-6(20)8(22)16(28-4)31-11-10(9(23)14(26)29-12(11)13(24)25)30-15-7(21)5(19)3(18)2-27-15/h3-12,14-23,26H,1-2H2,(H,24,25)/t3-,4-,5-,6-,7+,8+,9+,10+,11-,12-,14+,15-,16-/m0/s1. The fraction of sp³-hybridized carbons (Fsp3) is 0.938. The maximum Gasteiger partial charge on any atom is 0.335 e. The fourth-order valence-electron chi connectivity index (χ4n) is 3.53. The number of carboxylic acids is 1. The predicted molar refractivity (Wildman–Crippen MR) is 89.8 cm³/mol. The summed E-state index contributed by atoms with van der Waals surface area (Å²) in [6.07, 6.45) is -22.4. The van der Waals surface area contributed by atoms with Gasteiger partial charge in [0.1, 0.15) is 54.9 Å². The van der Waals surface area contributed by atoms with Gasteiger partial charge in [0, 0.05) is 0 Å². The molecule has 31 heavy (non-hydrogen) atoms. The van der Waals surface area contributed by atoms with Crippen LogP contribution >= 0.6 is 0 Å².